The van der Waals surface area contributed by atoms with Crippen molar-refractivity contribution in [1.29, 1.82) is 0 Å². The van der Waals surface area contributed by atoms with Crippen LogP contribution in [0.1, 0.15) is 31.2 Å². The van der Waals surface area contributed by atoms with Crippen molar-refractivity contribution >= 4 is 12.0 Å². The van der Waals surface area contributed by atoms with Gasteiger partial charge in [0.1, 0.15) is 0 Å². The third-order valence-corrected chi connectivity index (χ3v) is 6.84. The number of amides is 1. The Morgan fingerprint density at radius 2 is 1.85 bits per heavy atom. The van der Waals surface area contributed by atoms with Gasteiger partial charge in [0, 0.05) is 32.1 Å². The van der Waals surface area contributed by atoms with E-state index in [1.165, 1.54) is 18.4 Å². The largest absolute Gasteiger partial charge is 0.341 e. The Balaban J connectivity index is 1.24. The molecule has 4 rings (SSSR count). The van der Waals surface area contributed by atoms with Gasteiger partial charge < -0.3 is 9.80 Å². The van der Waals surface area contributed by atoms with Crippen LogP contribution in [-0.4, -0.2) is 73.5 Å². The highest BCUT2D eigenvalue weighted by molar-refractivity contribution is 5.82. The first-order valence-electron chi connectivity index (χ1n) is 10.6. The minimum Gasteiger partial charge on any atom is -0.341 e. The molecule has 1 aromatic rings. The van der Waals surface area contributed by atoms with Crippen LogP contribution in [0.15, 0.2) is 36.4 Å². The number of carbonyl (C=O) groups is 1. The molecular formula is C23H33N3O. The summed E-state index contributed by atoms with van der Waals surface area (Å²) in [6.07, 6.45) is 9.11. The molecule has 2 heterocycles. The van der Waals surface area contributed by atoms with Crippen molar-refractivity contribution in [3.63, 3.8) is 0 Å². The highest BCUT2D eigenvalue weighted by Crippen LogP contribution is 2.60. The van der Waals surface area contributed by atoms with E-state index in [0.29, 0.717) is 17.2 Å². The fourth-order valence-corrected chi connectivity index (χ4v) is 4.82. The molecule has 146 valence electrons. The number of benzene rings is 1. The van der Waals surface area contributed by atoms with E-state index in [-0.39, 0.29) is 0 Å². The molecular weight excluding hydrogens is 334 g/mol. The Morgan fingerprint density at radius 3 is 2.63 bits per heavy atom. The molecule has 1 aliphatic carbocycles. The van der Waals surface area contributed by atoms with Gasteiger partial charge in [0.05, 0.1) is 0 Å². The number of carbonyl (C=O) groups excluding carboxylic acids is 1. The van der Waals surface area contributed by atoms with Gasteiger partial charge in [0.25, 0.3) is 0 Å². The molecule has 1 amide bonds. The molecule has 1 atom stereocenters. The minimum absolute atomic E-state index is 0.308. The van der Waals surface area contributed by atoms with Gasteiger partial charge in [-0.1, -0.05) is 42.5 Å². The topological polar surface area (TPSA) is 26.8 Å². The Labute approximate surface area is 163 Å². The summed E-state index contributed by atoms with van der Waals surface area (Å²) in [7, 11) is 2.16. The Morgan fingerprint density at radius 1 is 1.07 bits per heavy atom. The van der Waals surface area contributed by atoms with Crippen LogP contribution < -0.4 is 0 Å². The summed E-state index contributed by atoms with van der Waals surface area (Å²) in [4.78, 5) is 20.0. The van der Waals surface area contributed by atoms with E-state index in [9.17, 15) is 4.79 Å². The van der Waals surface area contributed by atoms with Gasteiger partial charge in [-0.3, -0.25) is 9.69 Å². The lowest BCUT2D eigenvalue weighted by atomic mass is 9.90. The van der Waals surface area contributed by atoms with Crippen molar-refractivity contribution in [3.8, 4) is 0 Å². The Bertz CT molecular complexity index is 663. The molecule has 1 spiro atoms. The van der Waals surface area contributed by atoms with E-state index >= 15 is 0 Å². The van der Waals surface area contributed by atoms with E-state index in [2.05, 4.69) is 64.2 Å². The maximum absolute atomic E-state index is 13.0. The number of hydrogen-bond acceptors (Lipinski definition) is 3. The summed E-state index contributed by atoms with van der Waals surface area (Å²) in [5.41, 5.74) is 1.59. The van der Waals surface area contributed by atoms with Gasteiger partial charge in [-0.05, 0) is 63.3 Å². The molecule has 0 radical (unpaired) electrons. The zero-order valence-electron chi connectivity index (χ0n) is 16.6. The second kappa shape index (κ2) is 8.15. The van der Waals surface area contributed by atoms with Crippen molar-refractivity contribution in [1.82, 2.24) is 14.7 Å². The average molecular weight is 368 g/mol. The van der Waals surface area contributed by atoms with Crippen molar-refractivity contribution < 1.29 is 4.79 Å². The Kier molecular flexibility index (Phi) is 5.65. The minimum atomic E-state index is 0.308. The summed E-state index contributed by atoms with van der Waals surface area (Å²) < 4.78 is 0. The second-order valence-electron chi connectivity index (χ2n) is 8.71. The first kappa shape index (κ1) is 18.7. The summed E-state index contributed by atoms with van der Waals surface area (Å²) in [6.45, 7) is 7.28. The molecule has 2 aliphatic heterocycles. The predicted molar refractivity (Wildman–Crippen MR) is 110 cm³/mol. The molecule has 0 N–H and O–H groups in total. The fraction of sp³-hybridized carbons (Fsp3) is 0.609. The zero-order chi connectivity index (χ0) is 18.7. The highest BCUT2D eigenvalue weighted by Gasteiger charge is 2.59. The third-order valence-electron chi connectivity index (χ3n) is 6.84. The number of likely N-dealkylation sites (tertiary alicyclic amines) is 1. The second-order valence-corrected chi connectivity index (χ2v) is 8.71. The fourth-order valence-electron chi connectivity index (χ4n) is 4.82. The first-order chi connectivity index (χ1) is 13.2. The van der Waals surface area contributed by atoms with Crippen LogP contribution in [0, 0.1) is 11.3 Å². The SMILES string of the molecule is CN1CCCN(C(=O)C2CC23CCN(C/C=C/c2ccccc2)CC3)CC1. The lowest BCUT2D eigenvalue weighted by Gasteiger charge is -2.32. The monoisotopic (exact) mass is 367 g/mol. The van der Waals surface area contributed by atoms with Crippen LogP contribution in [0.25, 0.3) is 6.08 Å². The van der Waals surface area contributed by atoms with Crippen molar-refractivity contribution in [2.75, 3.05) is 52.9 Å². The molecule has 0 aromatic heterocycles. The Hall–Kier alpha value is -1.65. The molecule has 3 aliphatic rings. The molecule has 1 saturated carbocycles. The van der Waals surface area contributed by atoms with Gasteiger partial charge in [-0.25, -0.2) is 0 Å². The molecule has 4 nitrogen and oxygen atoms in total. The van der Waals surface area contributed by atoms with Crippen LogP contribution in [0.2, 0.25) is 0 Å². The summed E-state index contributed by atoms with van der Waals surface area (Å²) >= 11 is 0. The van der Waals surface area contributed by atoms with E-state index in [4.69, 9.17) is 0 Å². The van der Waals surface area contributed by atoms with Crippen LogP contribution in [0.5, 0.6) is 0 Å². The first-order valence-corrected chi connectivity index (χ1v) is 10.6. The van der Waals surface area contributed by atoms with Gasteiger partial charge in [0.2, 0.25) is 5.91 Å². The van der Waals surface area contributed by atoms with Gasteiger partial charge in [0.15, 0.2) is 0 Å². The van der Waals surface area contributed by atoms with Gasteiger partial charge >= 0.3 is 0 Å². The van der Waals surface area contributed by atoms with Crippen molar-refractivity contribution in [3.05, 3.63) is 42.0 Å². The van der Waals surface area contributed by atoms with Crippen LogP contribution in [0.4, 0.5) is 0 Å². The number of likely N-dealkylation sites (N-methyl/N-ethyl adjacent to an activating group) is 1. The molecule has 4 heteroatoms. The van der Waals surface area contributed by atoms with Crippen molar-refractivity contribution in [2.24, 2.45) is 11.3 Å². The maximum atomic E-state index is 13.0. The molecule has 3 fully saturated rings. The molecule has 1 unspecified atom stereocenters. The van der Waals surface area contributed by atoms with E-state index in [1.54, 1.807) is 0 Å². The highest BCUT2D eigenvalue weighted by atomic mass is 16.2. The lowest BCUT2D eigenvalue weighted by Crippen LogP contribution is -2.39. The van der Waals surface area contributed by atoms with E-state index in [0.717, 1.165) is 58.7 Å². The number of rotatable bonds is 4. The van der Waals surface area contributed by atoms with Crippen molar-refractivity contribution in [2.45, 2.75) is 25.7 Å². The predicted octanol–water partition coefficient (Wildman–Crippen LogP) is 2.97. The van der Waals surface area contributed by atoms with Crippen LogP contribution in [-0.2, 0) is 4.79 Å². The third kappa shape index (κ3) is 4.44. The summed E-state index contributed by atoms with van der Waals surface area (Å²) in [5, 5.41) is 0. The molecule has 1 aromatic carbocycles. The normalized spacial score (nSPS) is 26.4. The zero-order valence-corrected chi connectivity index (χ0v) is 16.6. The van der Waals surface area contributed by atoms with Crippen LogP contribution in [0.3, 0.4) is 0 Å². The number of hydrogen-bond donors (Lipinski definition) is 0. The van der Waals surface area contributed by atoms with Gasteiger partial charge in [-0.15, -0.1) is 0 Å². The van der Waals surface area contributed by atoms with Crippen LogP contribution >= 0.6 is 0 Å². The van der Waals surface area contributed by atoms with E-state index in [1.807, 2.05) is 0 Å². The lowest BCUT2D eigenvalue weighted by molar-refractivity contribution is -0.133. The summed E-state index contributed by atoms with van der Waals surface area (Å²) in [5.74, 6) is 0.755. The average Bonchev–Trinajstić information content (AvgIpc) is 3.44. The molecule has 27 heavy (non-hydrogen) atoms. The smallest absolute Gasteiger partial charge is 0.226 e. The maximum Gasteiger partial charge on any atom is 0.226 e. The number of nitrogens with zero attached hydrogens (tertiary/aromatic N) is 3. The van der Waals surface area contributed by atoms with Gasteiger partial charge in [-0.2, -0.15) is 0 Å². The van der Waals surface area contributed by atoms with E-state index < -0.39 is 0 Å². The number of piperidine rings is 1. The molecule has 2 saturated heterocycles. The quantitative estimate of drug-likeness (QED) is 0.819. The standard InChI is InChI=1S/C23H33N3O/c1-24-12-6-14-26(18-17-24)22(27)21-19-23(21)10-15-25(16-11-23)13-5-9-20-7-3-2-4-8-20/h2-5,7-9,21H,6,10-19H2,1H3/b9-5+. The molecule has 0 bridgehead atoms. The summed E-state index contributed by atoms with van der Waals surface area (Å²) in [6, 6.07) is 10.5.